The first-order valence-electron chi connectivity index (χ1n) is 10.9. The Morgan fingerprint density at radius 2 is 2.09 bits per heavy atom. The van der Waals surface area contributed by atoms with Crippen LogP contribution in [0, 0.1) is 16.0 Å². The third-order valence-electron chi connectivity index (χ3n) is 5.72. The number of methoxy groups -OCH3 is 1. The van der Waals surface area contributed by atoms with E-state index in [0.717, 1.165) is 29.7 Å². The van der Waals surface area contributed by atoms with E-state index in [1.54, 1.807) is 13.0 Å². The number of anilines is 1. The van der Waals surface area contributed by atoms with Gasteiger partial charge in [-0.1, -0.05) is 6.92 Å². The Morgan fingerprint density at radius 3 is 2.79 bits per heavy atom. The number of benzene rings is 1. The largest absolute Gasteiger partial charge is 0.497 e. The quantitative estimate of drug-likeness (QED) is 0.268. The number of thiophene rings is 1. The summed E-state index contributed by atoms with van der Waals surface area (Å²) in [5.41, 5.74) is 1.36. The monoisotopic (exact) mass is 484 g/mol. The first kappa shape index (κ1) is 23.5. The van der Waals surface area contributed by atoms with E-state index in [1.807, 2.05) is 0 Å². The Hall–Kier alpha value is -3.66. The molecule has 2 heterocycles. The highest BCUT2D eigenvalue weighted by Gasteiger charge is 2.30. The molecule has 3 aromatic rings. The number of nitro groups is 1. The van der Waals surface area contributed by atoms with Crippen LogP contribution < -0.4 is 10.1 Å². The molecule has 2 aromatic heterocycles. The van der Waals surface area contributed by atoms with E-state index < -0.39 is 16.8 Å². The van der Waals surface area contributed by atoms with Crippen LogP contribution in [-0.2, 0) is 17.6 Å². The Morgan fingerprint density at radius 1 is 1.29 bits per heavy atom. The molecule has 0 unspecified atom stereocenters. The zero-order valence-electron chi connectivity index (χ0n) is 19.0. The highest BCUT2D eigenvalue weighted by Crippen LogP contribution is 2.40. The highest BCUT2D eigenvalue weighted by atomic mass is 32.1. The smallest absolute Gasteiger partial charge is 0.341 e. The van der Waals surface area contributed by atoms with Crippen LogP contribution in [0.2, 0.25) is 0 Å². The number of hydrogen-bond donors (Lipinski definition) is 1. The SMILES string of the molecule is CCOC(=O)c1c(NC(=O)c2ccc(-c3ccc(OC)cc3[N+](=O)[O-])o2)sc2c1CC[C@H](C)C2. The van der Waals surface area contributed by atoms with Crippen LogP contribution in [0.15, 0.2) is 34.7 Å². The summed E-state index contributed by atoms with van der Waals surface area (Å²) in [7, 11) is 1.42. The molecule has 1 amide bonds. The molecule has 1 aromatic carbocycles. The summed E-state index contributed by atoms with van der Waals surface area (Å²) >= 11 is 1.38. The van der Waals surface area contributed by atoms with Crippen molar-refractivity contribution in [1.29, 1.82) is 0 Å². The standard InChI is InChI=1S/C24H24N2O7S/c1-4-32-24(28)21-16-7-5-13(2)11-20(16)34-23(21)25-22(27)19-10-9-18(33-19)15-8-6-14(31-3)12-17(15)26(29)30/h6,8-10,12-13H,4-5,7,11H2,1-3H3,(H,25,27)/t13-/m0/s1. The number of ether oxygens (including phenoxy) is 2. The van der Waals surface area contributed by atoms with Gasteiger partial charge < -0.3 is 19.2 Å². The number of nitro benzene ring substituents is 1. The second-order valence-electron chi connectivity index (χ2n) is 8.03. The van der Waals surface area contributed by atoms with E-state index >= 15 is 0 Å². The number of carbonyl (C=O) groups is 2. The molecule has 34 heavy (non-hydrogen) atoms. The lowest BCUT2D eigenvalue weighted by molar-refractivity contribution is -0.384. The predicted molar refractivity (Wildman–Crippen MR) is 127 cm³/mol. The molecule has 1 aliphatic rings. The molecule has 0 radical (unpaired) electrons. The van der Waals surface area contributed by atoms with Crippen molar-refractivity contribution in [3.05, 3.63) is 62.2 Å². The van der Waals surface area contributed by atoms with Crippen molar-refractivity contribution in [1.82, 2.24) is 0 Å². The van der Waals surface area contributed by atoms with Crippen LogP contribution >= 0.6 is 11.3 Å². The maximum absolute atomic E-state index is 13.0. The lowest BCUT2D eigenvalue weighted by Crippen LogP contribution is -2.16. The summed E-state index contributed by atoms with van der Waals surface area (Å²) in [4.78, 5) is 37.7. The van der Waals surface area contributed by atoms with Crippen molar-refractivity contribution in [2.45, 2.75) is 33.1 Å². The fourth-order valence-electron chi connectivity index (χ4n) is 4.03. The maximum Gasteiger partial charge on any atom is 0.341 e. The molecule has 0 spiro atoms. The van der Waals surface area contributed by atoms with E-state index in [4.69, 9.17) is 13.9 Å². The summed E-state index contributed by atoms with van der Waals surface area (Å²) in [6.07, 6.45) is 2.56. The molecule has 1 N–H and O–H groups in total. The minimum atomic E-state index is -0.556. The zero-order valence-corrected chi connectivity index (χ0v) is 19.8. The van der Waals surface area contributed by atoms with Crippen LogP contribution in [-0.4, -0.2) is 30.5 Å². The third kappa shape index (κ3) is 4.54. The summed E-state index contributed by atoms with van der Waals surface area (Å²) in [5, 5.41) is 14.7. The fourth-order valence-corrected chi connectivity index (χ4v) is 5.42. The molecule has 0 saturated carbocycles. The summed E-state index contributed by atoms with van der Waals surface area (Å²) in [6.45, 7) is 4.13. The molecule has 0 aliphatic heterocycles. The van der Waals surface area contributed by atoms with Crippen LogP contribution in [0.5, 0.6) is 5.75 Å². The maximum atomic E-state index is 13.0. The molecular weight excluding hydrogens is 460 g/mol. The minimum Gasteiger partial charge on any atom is -0.497 e. The lowest BCUT2D eigenvalue weighted by atomic mass is 9.88. The van der Waals surface area contributed by atoms with E-state index in [-0.39, 0.29) is 29.4 Å². The van der Waals surface area contributed by atoms with Gasteiger partial charge in [0.2, 0.25) is 0 Å². The number of fused-ring (bicyclic) bond motifs is 1. The number of esters is 1. The van der Waals surface area contributed by atoms with Gasteiger partial charge in [-0.3, -0.25) is 14.9 Å². The highest BCUT2D eigenvalue weighted by molar-refractivity contribution is 7.17. The van der Waals surface area contributed by atoms with Gasteiger partial charge in [-0.25, -0.2) is 4.79 Å². The predicted octanol–water partition coefficient (Wildman–Crippen LogP) is 5.48. The number of amides is 1. The van der Waals surface area contributed by atoms with Gasteiger partial charge in [0.15, 0.2) is 5.76 Å². The summed E-state index contributed by atoms with van der Waals surface area (Å²) < 4.78 is 16.0. The fraction of sp³-hybridized carbons (Fsp3) is 0.333. The van der Waals surface area contributed by atoms with Gasteiger partial charge in [0, 0.05) is 4.88 Å². The second kappa shape index (κ2) is 9.68. The molecule has 178 valence electrons. The Kier molecular flexibility index (Phi) is 6.69. The van der Waals surface area contributed by atoms with E-state index in [0.29, 0.717) is 22.2 Å². The summed E-state index contributed by atoms with van der Waals surface area (Å²) in [6, 6.07) is 7.31. The number of hydrogen-bond acceptors (Lipinski definition) is 8. The van der Waals surface area contributed by atoms with Gasteiger partial charge in [-0.2, -0.15) is 0 Å². The van der Waals surface area contributed by atoms with Crippen molar-refractivity contribution in [2.75, 3.05) is 19.0 Å². The summed E-state index contributed by atoms with van der Waals surface area (Å²) in [5.74, 6) is -0.0438. The number of nitrogens with one attached hydrogen (secondary N) is 1. The van der Waals surface area contributed by atoms with Crippen LogP contribution in [0.25, 0.3) is 11.3 Å². The molecular formula is C24H24N2O7S. The normalized spacial score (nSPS) is 14.9. The zero-order chi connectivity index (χ0) is 24.4. The van der Waals surface area contributed by atoms with Crippen molar-refractivity contribution in [2.24, 2.45) is 5.92 Å². The Labute approximate surface area is 199 Å². The lowest BCUT2D eigenvalue weighted by Gasteiger charge is -2.18. The molecule has 9 nitrogen and oxygen atoms in total. The average molecular weight is 485 g/mol. The van der Waals surface area contributed by atoms with Crippen molar-refractivity contribution >= 4 is 33.9 Å². The van der Waals surface area contributed by atoms with Crippen LogP contribution in [0.4, 0.5) is 10.7 Å². The minimum absolute atomic E-state index is 0.0327. The number of carbonyl (C=O) groups excluding carboxylic acids is 2. The van der Waals surface area contributed by atoms with Gasteiger partial charge in [-0.15, -0.1) is 11.3 Å². The van der Waals surface area contributed by atoms with Gasteiger partial charge in [-0.05, 0) is 61.9 Å². The van der Waals surface area contributed by atoms with Gasteiger partial charge in [0.25, 0.3) is 11.6 Å². The average Bonchev–Trinajstić information content (AvgIpc) is 3.43. The first-order chi connectivity index (χ1) is 16.3. The Bertz CT molecular complexity index is 1260. The molecule has 0 saturated heterocycles. The molecule has 1 atom stereocenters. The second-order valence-corrected chi connectivity index (χ2v) is 9.14. The van der Waals surface area contributed by atoms with Crippen LogP contribution in [0.3, 0.4) is 0 Å². The van der Waals surface area contributed by atoms with Crippen molar-refractivity contribution in [3.63, 3.8) is 0 Å². The topological polar surface area (TPSA) is 121 Å². The van der Waals surface area contributed by atoms with Crippen molar-refractivity contribution in [3.8, 4) is 17.1 Å². The molecule has 1 aliphatic carbocycles. The molecule has 4 rings (SSSR count). The number of rotatable bonds is 7. The van der Waals surface area contributed by atoms with Gasteiger partial charge in [0.1, 0.15) is 16.5 Å². The molecule has 0 bridgehead atoms. The number of furan rings is 1. The van der Waals surface area contributed by atoms with E-state index in [2.05, 4.69) is 12.2 Å². The van der Waals surface area contributed by atoms with E-state index in [1.165, 1.54) is 42.7 Å². The van der Waals surface area contributed by atoms with Gasteiger partial charge >= 0.3 is 5.97 Å². The number of nitrogens with zero attached hydrogens (tertiary/aromatic N) is 1. The first-order valence-corrected chi connectivity index (χ1v) is 11.7. The van der Waals surface area contributed by atoms with Crippen LogP contribution in [0.1, 0.15) is 51.6 Å². The molecule has 10 heteroatoms. The van der Waals surface area contributed by atoms with E-state index in [9.17, 15) is 19.7 Å². The molecule has 0 fully saturated rings. The Balaban J connectivity index is 1.63. The third-order valence-corrected chi connectivity index (χ3v) is 6.88. The van der Waals surface area contributed by atoms with Gasteiger partial charge in [0.05, 0.1) is 35.8 Å². The van der Waals surface area contributed by atoms with Crippen molar-refractivity contribution < 1.29 is 28.4 Å².